The number of hydrogen-bond acceptors (Lipinski definition) is 5. The summed E-state index contributed by atoms with van der Waals surface area (Å²) in [7, 11) is 3.35. The normalized spacial score (nSPS) is 10.7. The molecule has 0 aliphatic carbocycles. The third kappa shape index (κ3) is 4.24. The molecule has 1 N–H and O–H groups in total. The SMILES string of the molecule is COc1ccc(OC)c(CCNCc2coc(-c3ccccc3C)n2)c1. The van der Waals surface area contributed by atoms with Gasteiger partial charge in [-0.15, -0.1) is 0 Å². The van der Waals surface area contributed by atoms with Gasteiger partial charge < -0.3 is 19.2 Å². The van der Waals surface area contributed by atoms with Gasteiger partial charge in [0.1, 0.15) is 17.8 Å². The fraction of sp³-hybridized carbons (Fsp3) is 0.286. The predicted molar refractivity (Wildman–Crippen MR) is 102 cm³/mol. The van der Waals surface area contributed by atoms with Crippen LogP contribution in [0.3, 0.4) is 0 Å². The van der Waals surface area contributed by atoms with Crippen molar-refractivity contribution in [1.82, 2.24) is 10.3 Å². The third-order valence-electron chi connectivity index (χ3n) is 4.29. The Balaban J connectivity index is 1.56. The van der Waals surface area contributed by atoms with Gasteiger partial charge in [-0.1, -0.05) is 18.2 Å². The van der Waals surface area contributed by atoms with Crippen molar-refractivity contribution in [2.75, 3.05) is 20.8 Å². The summed E-state index contributed by atoms with van der Waals surface area (Å²) in [5.74, 6) is 2.37. The van der Waals surface area contributed by atoms with Crippen molar-refractivity contribution >= 4 is 0 Å². The molecule has 0 amide bonds. The summed E-state index contributed by atoms with van der Waals surface area (Å²) in [6.45, 7) is 3.51. The molecular weight excluding hydrogens is 328 g/mol. The zero-order valence-electron chi connectivity index (χ0n) is 15.4. The monoisotopic (exact) mass is 352 g/mol. The van der Waals surface area contributed by atoms with Crippen LogP contribution in [0.1, 0.15) is 16.8 Å². The van der Waals surface area contributed by atoms with Crippen molar-refractivity contribution in [3.8, 4) is 23.0 Å². The minimum atomic E-state index is 0.654. The molecule has 3 rings (SSSR count). The molecule has 136 valence electrons. The molecular formula is C21H24N2O3. The number of methoxy groups -OCH3 is 2. The lowest BCUT2D eigenvalue weighted by Crippen LogP contribution is -2.17. The molecule has 0 atom stereocenters. The molecule has 0 bridgehead atoms. The van der Waals surface area contributed by atoms with E-state index in [4.69, 9.17) is 13.9 Å². The molecule has 0 saturated carbocycles. The molecule has 0 fully saturated rings. The van der Waals surface area contributed by atoms with Gasteiger partial charge in [-0.2, -0.15) is 0 Å². The van der Waals surface area contributed by atoms with Crippen LogP contribution in [0.2, 0.25) is 0 Å². The average molecular weight is 352 g/mol. The standard InChI is InChI=1S/C21H24N2O3/c1-15-6-4-5-7-19(15)21-23-17(14-26-21)13-22-11-10-16-12-18(24-2)8-9-20(16)25-3/h4-9,12,14,22H,10-11,13H2,1-3H3. The lowest BCUT2D eigenvalue weighted by molar-refractivity contribution is 0.398. The smallest absolute Gasteiger partial charge is 0.226 e. The molecule has 1 heterocycles. The second-order valence-corrected chi connectivity index (χ2v) is 6.06. The van der Waals surface area contributed by atoms with Crippen LogP contribution in [0.15, 0.2) is 53.1 Å². The minimum absolute atomic E-state index is 0.654. The molecule has 5 nitrogen and oxygen atoms in total. The van der Waals surface area contributed by atoms with E-state index in [1.54, 1.807) is 20.5 Å². The molecule has 0 unspecified atom stereocenters. The Bertz CT molecular complexity index is 858. The summed E-state index contributed by atoms with van der Waals surface area (Å²) in [5.41, 5.74) is 4.18. The van der Waals surface area contributed by atoms with Gasteiger partial charge in [0.05, 0.1) is 19.9 Å². The van der Waals surface area contributed by atoms with Crippen LogP contribution in [0.5, 0.6) is 11.5 Å². The van der Waals surface area contributed by atoms with E-state index in [2.05, 4.69) is 23.3 Å². The predicted octanol–water partition coefficient (Wildman–Crippen LogP) is 4.00. The maximum absolute atomic E-state index is 5.63. The van der Waals surface area contributed by atoms with E-state index in [1.165, 1.54) is 0 Å². The average Bonchev–Trinajstić information content (AvgIpc) is 3.14. The largest absolute Gasteiger partial charge is 0.497 e. The Morgan fingerprint density at radius 2 is 1.92 bits per heavy atom. The first kappa shape index (κ1) is 18.0. The van der Waals surface area contributed by atoms with Crippen LogP contribution in [0.4, 0.5) is 0 Å². The third-order valence-corrected chi connectivity index (χ3v) is 4.29. The van der Waals surface area contributed by atoms with E-state index < -0.39 is 0 Å². The first-order valence-electron chi connectivity index (χ1n) is 8.63. The van der Waals surface area contributed by atoms with E-state index in [9.17, 15) is 0 Å². The van der Waals surface area contributed by atoms with Gasteiger partial charge in [-0.3, -0.25) is 0 Å². The highest BCUT2D eigenvalue weighted by molar-refractivity contribution is 5.58. The maximum atomic E-state index is 5.63. The lowest BCUT2D eigenvalue weighted by atomic mass is 10.1. The second-order valence-electron chi connectivity index (χ2n) is 6.06. The van der Waals surface area contributed by atoms with Crippen LogP contribution in [-0.4, -0.2) is 25.7 Å². The van der Waals surface area contributed by atoms with Crippen molar-refractivity contribution in [3.05, 3.63) is 65.5 Å². The number of ether oxygens (including phenoxy) is 2. The fourth-order valence-electron chi connectivity index (χ4n) is 2.84. The van der Waals surface area contributed by atoms with E-state index >= 15 is 0 Å². The first-order valence-corrected chi connectivity index (χ1v) is 8.63. The summed E-state index contributed by atoms with van der Waals surface area (Å²) in [6, 6.07) is 13.9. The van der Waals surface area contributed by atoms with Crippen molar-refractivity contribution in [2.24, 2.45) is 0 Å². The number of aryl methyl sites for hydroxylation is 1. The zero-order chi connectivity index (χ0) is 18.4. The van der Waals surface area contributed by atoms with Gasteiger partial charge in [0, 0.05) is 12.1 Å². The van der Waals surface area contributed by atoms with Crippen LogP contribution in [0.25, 0.3) is 11.5 Å². The first-order chi connectivity index (χ1) is 12.7. The lowest BCUT2D eigenvalue weighted by Gasteiger charge is -2.10. The van der Waals surface area contributed by atoms with Crippen molar-refractivity contribution in [3.63, 3.8) is 0 Å². The maximum Gasteiger partial charge on any atom is 0.226 e. The topological polar surface area (TPSA) is 56.5 Å². The Kier molecular flexibility index (Phi) is 5.92. The van der Waals surface area contributed by atoms with Crippen LogP contribution < -0.4 is 14.8 Å². The van der Waals surface area contributed by atoms with Gasteiger partial charge in [0.25, 0.3) is 0 Å². The van der Waals surface area contributed by atoms with Gasteiger partial charge in [0.2, 0.25) is 5.89 Å². The Hall–Kier alpha value is -2.79. The summed E-state index contributed by atoms with van der Waals surface area (Å²) in [5, 5.41) is 3.40. The van der Waals surface area contributed by atoms with Gasteiger partial charge >= 0.3 is 0 Å². The van der Waals surface area contributed by atoms with Crippen LogP contribution in [-0.2, 0) is 13.0 Å². The van der Waals surface area contributed by atoms with Crippen molar-refractivity contribution < 1.29 is 13.9 Å². The van der Waals surface area contributed by atoms with Gasteiger partial charge in [-0.25, -0.2) is 4.98 Å². The van der Waals surface area contributed by atoms with E-state index in [-0.39, 0.29) is 0 Å². The van der Waals surface area contributed by atoms with Crippen LogP contribution >= 0.6 is 0 Å². The zero-order valence-corrected chi connectivity index (χ0v) is 15.4. The minimum Gasteiger partial charge on any atom is -0.497 e. The van der Waals surface area contributed by atoms with Crippen LogP contribution in [0, 0.1) is 6.92 Å². The fourth-order valence-corrected chi connectivity index (χ4v) is 2.84. The highest BCUT2D eigenvalue weighted by Crippen LogP contribution is 2.24. The summed E-state index contributed by atoms with van der Waals surface area (Å²) < 4.78 is 16.3. The number of rotatable bonds is 8. The number of aromatic nitrogens is 1. The van der Waals surface area contributed by atoms with Crippen molar-refractivity contribution in [1.29, 1.82) is 0 Å². The molecule has 0 aliphatic heterocycles. The molecule has 0 aliphatic rings. The van der Waals surface area contributed by atoms with Gasteiger partial charge in [-0.05, 0) is 55.3 Å². The quantitative estimate of drug-likeness (QED) is 0.621. The number of benzene rings is 2. The van der Waals surface area contributed by atoms with Gasteiger partial charge in [0.15, 0.2) is 0 Å². The Labute approximate surface area is 154 Å². The highest BCUT2D eigenvalue weighted by atomic mass is 16.5. The molecule has 0 radical (unpaired) electrons. The summed E-state index contributed by atoms with van der Waals surface area (Å²) in [6.07, 6.45) is 2.55. The Morgan fingerprint density at radius 1 is 1.08 bits per heavy atom. The van der Waals surface area contributed by atoms with E-state index in [0.29, 0.717) is 12.4 Å². The number of nitrogens with one attached hydrogen (secondary N) is 1. The Morgan fingerprint density at radius 3 is 2.69 bits per heavy atom. The molecule has 0 saturated heterocycles. The molecule has 26 heavy (non-hydrogen) atoms. The molecule has 5 heteroatoms. The molecule has 2 aromatic carbocycles. The summed E-state index contributed by atoms with van der Waals surface area (Å²) >= 11 is 0. The number of oxazole rings is 1. The molecule has 0 spiro atoms. The van der Waals surface area contributed by atoms with E-state index in [1.807, 2.05) is 36.4 Å². The molecule has 1 aromatic heterocycles. The molecule has 3 aromatic rings. The number of hydrogen-bond donors (Lipinski definition) is 1. The second kappa shape index (κ2) is 8.54. The summed E-state index contributed by atoms with van der Waals surface area (Å²) in [4.78, 5) is 4.57. The van der Waals surface area contributed by atoms with Crippen molar-refractivity contribution in [2.45, 2.75) is 19.9 Å². The van der Waals surface area contributed by atoms with E-state index in [0.717, 1.165) is 46.8 Å². The highest BCUT2D eigenvalue weighted by Gasteiger charge is 2.09. The number of nitrogens with zero attached hydrogens (tertiary/aromatic N) is 1.